The Labute approximate surface area is 119 Å². The van der Waals surface area contributed by atoms with E-state index in [9.17, 15) is 18.0 Å². The average molecular weight is 297 g/mol. The number of amides is 1. The lowest BCUT2D eigenvalue weighted by atomic mass is 10.2. The van der Waals surface area contributed by atoms with Crippen LogP contribution in [0.2, 0.25) is 0 Å². The van der Waals surface area contributed by atoms with Crippen LogP contribution in [0.5, 0.6) is 0 Å². The van der Waals surface area contributed by atoms with Crippen LogP contribution in [0.4, 0.5) is 24.5 Å². The molecule has 21 heavy (non-hydrogen) atoms. The Hall–Kier alpha value is -2.44. The van der Waals surface area contributed by atoms with Crippen molar-refractivity contribution in [1.82, 2.24) is 4.57 Å². The van der Waals surface area contributed by atoms with Gasteiger partial charge < -0.3 is 15.6 Å². The van der Waals surface area contributed by atoms with Gasteiger partial charge in [0.1, 0.15) is 11.5 Å². The average Bonchev–Trinajstić information content (AvgIpc) is 2.78. The molecule has 2 aromatic rings. The summed E-state index contributed by atoms with van der Waals surface area (Å²) in [6.45, 7) is 3.68. The van der Waals surface area contributed by atoms with Crippen molar-refractivity contribution >= 4 is 17.3 Å². The Kier molecular flexibility index (Phi) is 3.93. The fourth-order valence-corrected chi connectivity index (χ4v) is 1.91. The zero-order valence-electron chi connectivity index (χ0n) is 11.5. The fourth-order valence-electron chi connectivity index (χ4n) is 1.91. The molecule has 0 saturated carbocycles. The number of carbonyl (C=O) groups is 1. The minimum atomic E-state index is -1.32. The van der Waals surface area contributed by atoms with Crippen LogP contribution >= 0.6 is 0 Å². The van der Waals surface area contributed by atoms with Crippen LogP contribution in [-0.2, 0) is 0 Å². The highest BCUT2D eigenvalue weighted by atomic mass is 19.2. The first kappa shape index (κ1) is 15.0. The number of nitrogens with one attached hydrogen (secondary N) is 1. The molecule has 0 aliphatic heterocycles. The van der Waals surface area contributed by atoms with Gasteiger partial charge in [-0.3, -0.25) is 4.79 Å². The number of nitrogen functional groups attached to an aromatic ring is 1. The summed E-state index contributed by atoms with van der Waals surface area (Å²) in [6.07, 6.45) is 1.57. The van der Waals surface area contributed by atoms with Crippen molar-refractivity contribution in [2.45, 2.75) is 19.9 Å². The quantitative estimate of drug-likeness (QED) is 0.854. The molecule has 1 aromatic heterocycles. The Balaban J connectivity index is 2.33. The lowest BCUT2D eigenvalue weighted by Gasteiger charge is -2.13. The molecular weight excluding hydrogens is 283 g/mol. The van der Waals surface area contributed by atoms with E-state index in [4.69, 9.17) is 5.73 Å². The van der Waals surface area contributed by atoms with Gasteiger partial charge in [-0.2, -0.15) is 0 Å². The molecule has 2 rings (SSSR count). The van der Waals surface area contributed by atoms with Gasteiger partial charge in [-0.15, -0.1) is 0 Å². The van der Waals surface area contributed by atoms with Gasteiger partial charge in [0.2, 0.25) is 0 Å². The molecule has 4 nitrogen and oxygen atoms in total. The smallest absolute Gasteiger partial charge is 0.272 e. The number of hydrogen-bond acceptors (Lipinski definition) is 2. The summed E-state index contributed by atoms with van der Waals surface area (Å²) in [7, 11) is 0. The molecule has 0 fully saturated rings. The summed E-state index contributed by atoms with van der Waals surface area (Å²) in [5.74, 6) is -4.28. The molecule has 0 aliphatic carbocycles. The molecular formula is C14H14F3N3O. The molecule has 0 bridgehead atoms. The van der Waals surface area contributed by atoms with E-state index in [0.717, 1.165) is 0 Å². The van der Waals surface area contributed by atoms with Gasteiger partial charge in [-0.05, 0) is 19.9 Å². The largest absolute Gasteiger partial charge is 0.397 e. The number of hydrogen-bond donors (Lipinski definition) is 2. The van der Waals surface area contributed by atoms with E-state index in [-0.39, 0.29) is 11.7 Å². The van der Waals surface area contributed by atoms with Crippen molar-refractivity contribution in [2.75, 3.05) is 11.1 Å². The monoisotopic (exact) mass is 297 g/mol. The van der Waals surface area contributed by atoms with Gasteiger partial charge in [0.05, 0.1) is 11.4 Å². The topological polar surface area (TPSA) is 60.0 Å². The van der Waals surface area contributed by atoms with Gasteiger partial charge in [0.25, 0.3) is 5.91 Å². The van der Waals surface area contributed by atoms with Crippen LogP contribution in [-0.4, -0.2) is 10.5 Å². The third-order valence-corrected chi connectivity index (χ3v) is 2.92. The summed E-state index contributed by atoms with van der Waals surface area (Å²) < 4.78 is 41.1. The van der Waals surface area contributed by atoms with Crippen molar-refractivity contribution in [3.8, 4) is 0 Å². The minimum Gasteiger partial charge on any atom is -0.397 e. The first-order valence-corrected chi connectivity index (χ1v) is 6.23. The molecule has 0 saturated heterocycles. The number of nitrogens with two attached hydrogens (primary N) is 1. The molecule has 0 radical (unpaired) electrons. The first-order chi connectivity index (χ1) is 9.79. The number of nitrogens with zero attached hydrogens (tertiary/aromatic N) is 1. The number of aromatic nitrogens is 1. The second-order valence-corrected chi connectivity index (χ2v) is 4.86. The lowest BCUT2D eigenvalue weighted by molar-refractivity contribution is 0.101. The van der Waals surface area contributed by atoms with Crippen LogP contribution in [0, 0.1) is 17.5 Å². The zero-order valence-corrected chi connectivity index (χ0v) is 11.5. The SMILES string of the molecule is CC(C)n1cc(N)cc1C(=O)Nc1cc(F)c(F)cc1F. The van der Waals surface area contributed by atoms with Crippen molar-refractivity contribution in [3.05, 3.63) is 47.5 Å². The molecule has 7 heteroatoms. The number of rotatable bonds is 3. The predicted octanol–water partition coefficient (Wildman–Crippen LogP) is 3.32. The van der Waals surface area contributed by atoms with E-state index < -0.39 is 29.0 Å². The molecule has 3 N–H and O–H groups in total. The van der Waals surface area contributed by atoms with Crippen LogP contribution in [0.15, 0.2) is 24.4 Å². The molecule has 0 unspecified atom stereocenters. The highest BCUT2D eigenvalue weighted by Gasteiger charge is 2.18. The predicted molar refractivity (Wildman–Crippen MR) is 73.5 cm³/mol. The summed E-state index contributed by atoms with van der Waals surface area (Å²) in [5.41, 5.74) is 5.78. The molecule has 0 spiro atoms. The van der Waals surface area contributed by atoms with Gasteiger partial charge in [0, 0.05) is 24.4 Å². The van der Waals surface area contributed by atoms with Gasteiger partial charge in [-0.25, -0.2) is 13.2 Å². The van der Waals surface area contributed by atoms with E-state index in [0.29, 0.717) is 17.8 Å². The number of carbonyl (C=O) groups excluding carboxylic acids is 1. The van der Waals surface area contributed by atoms with E-state index in [1.54, 1.807) is 10.8 Å². The maximum Gasteiger partial charge on any atom is 0.272 e. The van der Waals surface area contributed by atoms with Crippen molar-refractivity contribution in [2.24, 2.45) is 0 Å². The minimum absolute atomic E-state index is 0.0437. The Morgan fingerprint density at radius 3 is 2.38 bits per heavy atom. The maximum absolute atomic E-state index is 13.5. The fraction of sp³-hybridized carbons (Fsp3) is 0.214. The normalized spacial score (nSPS) is 11.0. The summed E-state index contributed by atoms with van der Waals surface area (Å²) in [6, 6.07) is 2.35. The Bertz CT molecular complexity index is 695. The van der Waals surface area contributed by atoms with Crippen molar-refractivity contribution in [1.29, 1.82) is 0 Å². The highest BCUT2D eigenvalue weighted by Crippen LogP contribution is 2.21. The number of anilines is 2. The van der Waals surface area contributed by atoms with Crippen molar-refractivity contribution in [3.63, 3.8) is 0 Å². The zero-order chi connectivity index (χ0) is 15.7. The van der Waals surface area contributed by atoms with Gasteiger partial charge in [0.15, 0.2) is 11.6 Å². The van der Waals surface area contributed by atoms with Crippen LogP contribution < -0.4 is 11.1 Å². The van der Waals surface area contributed by atoms with Crippen LogP contribution in [0.1, 0.15) is 30.4 Å². The second kappa shape index (κ2) is 5.51. The summed E-state index contributed by atoms with van der Waals surface area (Å²) >= 11 is 0. The van der Waals surface area contributed by atoms with Crippen LogP contribution in [0.25, 0.3) is 0 Å². The highest BCUT2D eigenvalue weighted by molar-refractivity contribution is 6.04. The molecule has 0 aliphatic rings. The Morgan fingerprint density at radius 2 is 1.76 bits per heavy atom. The standard InChI is InChI=1S/C14H14F3N3O/c1-7(2)20-6-8(18)3-13(20)14(21)19-12-5-10(16)9(15)4-11(12)17/h3-7H,18H2,1-2H3,(H,19,21). The van der Waals surface area contributed by atoms with Crippen molar-refractivity contribution < 1.29 is 18.0 Å². The Morgan fingerprint density at radius 1 is 1.14 bits per heavy atom. The molecule has 1 heterocycles. The van der Waals surface area contributed by atoms with E-state index in [2.05, 4.69) is 5.32 Å². The molecule has 1 aromatic carbocycles. The molecule has 0 atom stereocenters. The van der Waals surface area contributed by atoms with E-state index in [1.165, 1.54) is 6.07 Å². The van der Waals surface area contributed by atoms with Gasteiger partial charge >= 0.3 is 0 Å². The third-order valence-electron chi connectivity index (χ3n) is 2.92. The second-order valence-electron chi connectivity index (χ2n) is 4.86. The summed E-state index contributed by atoms with van der Waals surface area (Å²) in [4.78, 5) is 12.1. The summed E-state index contributed by atoms with van der Waals surface area (Å²) in [5, 5.41) is 2.21. The molecule has 1 amide bonds. The number of halogens is 3. The maximum atomic E-state index is 13.5. The van der Waals surface area contributed by atoms with E-state index in [1.807, 2.05) is 13.8 Å². The number of benzene rings is 1. The van der Waals surface area contributed by atoms with Crippen LogP contribution in [0.3, 0.4) is 0 Å². The lowest BCUT2D eigenvalue weighted by Crippen LogP contribution is -2.18. The van der Waals surface area contributed by atoms with Gasteiger partial charge in [-0.1, -0.05) is 0 Å². The van der Waals surface area contributed by atoms with E-state index >= 15 is 0 Å². The third kappa shape index (κ3) is 3.01. The molecule has 112 valence electrons. The first-order valence-electron chi connectivity index (χ1n) is 6.23.